The molecule has 0 aliphatic carbocycles. The maximum atomic E-state index is 5.77. The summed E-state index contributed by atoms with van der Waals surface area (Å²) in [4.78, 5) is 0. The van der Waals surface area contributed by atoms with Crippen molar-refractivity contribution in [1.29, 1.82) is 0 Å². The molecule has 0 aromatic rings. The van der Waals surface area contributed by atoms with Crippen LogP contribution in [0, 0.1) is 0 Å². The van der Waals surface area contributed by atoms with Gasteiger partial charge in [0.2, 0.25) is 0 Å². The van der Waals surface area contributed by atoms with E-state index in [4.69, 9.17) is 9.47 Å². The van der Waals surface area contributed by atoms with E-state index in [0.717, 1.165) is 19.4 Å². The zero-order valence-electron chi connectivity index (χ0n) is 7.14. The number of hydrogen-bond donors (Lipinski definition) is 0. The molecule has 2 atom stereocenters. The maximum absolute atomic E-state index is 5.77. The second-order valence-corrected chi connectivity index (χ2v) is 3.68. The van der Waals surface area contributed by atoms with Gasteiger partial charge in [0, 0.05) is 12.8 Å². The molecular formula is C9H16O2. The van der Waals surface area contributed by atoms with Crippen molar-refractivity contribution in [3.63, 3.8) is 0 Å². The van der Waals surface area contributed by atoms with Gasteiger partial charge < -0.3 is 9.47 Å². The lowest BCUT2D eigenvalue weighted by Gasteiger charge is -2.33. The van der Waals surface area contributed by atoms with Gasteiger partial charge in [-0.25, -0.2) is 0 Å². The summed E-state index contributed by atoms with van der Waals surface area (Å²) in [6.07, 6.45) is 6.27. The van der Waals surface area contributed by atoms with Crippen molar-refractivity contribution in [2.75, 3.05) is 6.61 Å². The van der Waals surface area contributed by atoms with Crippen LogP contribution in [-0.2, 0) is 9.47 Å². The second kappa shape index (κ2) is 2.76. The highest BCUT2D eigenvalue weighted by molar-refractivity contribution is 4.81. The SMILES string of the molecule is C[C@@H]1CC[C@]2(CCCCO2)O1. The molecular weight excluding hydrogens is 140 g/mol. The van der Waals surface area contributed by atoms with Crippen molar-refractivity contribution >= 4 is 0 Å². The van der Waals surface area contributed by atoms with E-state index in [1.165, 1.54) is 19.3 Å². The summed E-state index contributed by atoms with van der Waals surface area (Å²) in [7, 11) is 0. The van der Waals surface area contributed by atoms with E-state index in [9.17, 15) is 0 Å². The van der Waals surface area contributed by atoms with Gasteiger partial charge in [-0.1, -0.05) is 0 Å². The van der Waals surface area contributed by atoms with Gasteiger partial charge >= 0.3 is 0 Å². The lowest BCUT2D eigenvalue weighted by atomic mass is 10.0. The van der Waals surface area contributed by atoms with Gasteiger partial charge in [-0.05, 0) is 26.2 Å². The molecule has 0 radical (unpaired) electrons. The summed E-state index contributed by atoms with van der Waals surface area (Å²) in [5, 5.41) is 0. The minimum Gasteiger partial charge on any atom is -0.350 e. The molecule has 0 N–H and O–H groups in total. The molecule has 0 amide bonds. The number of ether oxygens (including phenoxy) is 2. The predicted molar refractivity (Wildman–Crippen MR) is 42.3 cm³/mol. The zero-order valence-corrected chi connectivity index (χ0v) is 7.14. The monoisotopic (exact) mass is 156 g/mol. The van der Waals surface area contributed by atoms with Crippen LogP contribution in [0.25, 0.3) is 0 Å². The molecule has 11 heavy (non-hydrogen) atoms. The molecule has 0 aromatic heterocycles. The van der Waals surface area contributed by atoms with E-state index < -0.39 is 0 Å². The summed E-state index contributed by atoms with van der Waals surface area (Å²) in [6, 6.07) is 0. The molecule has 2 aliphatic rings. The van der Waals surface area contributed by atoms with Gasteiger partial charge in [-0.2, -0.15) is 0 Å². The van der Waals surface area contributed by atoms with Crippen LogP contribution in [0.2, 0.25) is 0 Å². The van der Waals surface area contributed by atoms with Gasteiger partial charge in [-0.15, -0.1) is 0 Å². The van der Waals surface area contributed by atoms with Crippen molar-refractivity contribution in [2.24, 2.45) is 0 Å². The Kier molecular flexibility index (Phi) is 1.90. The molecule has 0 aromatic carbocycles. The van der Waals surface area contributed by atoms with Crippen LogP contribution in [0.4, 0.5) is 0 Å². The third-order valence-corrected chi connectivity index (χ3v) is 2.66. The number of hydrogen-bond acceptors (Lipinski definition) is 2. The molecule has 2 saturated heterocycles. The molecule has 2 fully saturated rings. The topological polar surface area (TPSA) is 18.5 Å². The van der Waals surface area contributed by atoms with Gasteiger partial charge in [0.05, 0.1) is 12.7 Å². The Labute approximate surface area is 67.9 Å². The van der Waals surface area contributed by atoms with Gasteiger partial charge in [-0.3, -0.25) is 0 Å². The van der Waals surface area contributed by atoms with Crippen molar-refractivity contribution in [3.8, 4) is 0 Å². The molecule has 2 heteroatoms. The molecule has 2 nitrogen and oxygen atoms in total. The van der Waals surface area contributed by atoms with Crippen molar-refractivity contribution < 1.29 is 9.47 Å². The molecule has 2 aliphatic heterocycles. The van der Waals surface area contributed by atoms with Crippen LogP contribution in [0.15, 0.2) is 0 Å². The average molecular weight is 156 g/mol. The van der Waals surface area contributed by atoms with E-state index >= 15 is 0 Å². The van der Waals surface area contributed by atoms with Crippen LogP contribution in [0.5, 0.6) is 0 Å². The summed E-state index contributed by atoms with van der Waals surface area (Å²) < 4.78 is 11.4. The fourth-order valence-electron chi connectivity index (χ4n) is 2.02. The second-order valence-electron chi connectivity index (χ2n) is 3.68. The summed E-state index contributed by atoms with van der Waals surface area (Å²) >= 11 is 0. The molecule has 2 rings (SSSR count). The zero-order chi connectivity index (χ0) is 7.73. The summed E-state index contributed by atoms with van der Waals surface area (Å²) in [5.74, 6) is -0.155. The Morgan fingerprint density at radius 3 is 2.73 bits per heavy atom. The molecule has 0 bridgehead atoms. The Bertz CT molecular complexity index is 133. The first-order valence-corrected chi connectivity index (χ1v) is 4.63. The quantitative estimate of drug-likeness (QED) is 0.534. The molecule has 64 valence electrons. The summed E-state index contributed by atoms with van der Waals surface area (Å²) in [6.45, 7) is 3.03. The Morgan fingerprint density at radius 1 is 1.27 bits per heavy atom. The Morgan fingerprint density at radius 2 is 2.18 bits per heavy atom. The van der Waals surface area contributed by atoms with E-state index in [-0.39, 0.29) is 5.79 Å². The van der Waals surface area contributed by atoms with Gasteiger partial charge in [0.15, 0.2) is 5.79 Å². The molecule has 2 heterocycles. The lowest BCUT2D eigenvalue weighted by molar-refractivity contribution is -0.242. The Hall–Kier alpha value is -0.0800. The van der Waals surface area contributed by atoms with E-state index in [1.54, 1.807) is 0 Å². The third-order valence-electron chi connectivity index (χ3n) is 2.66. The Balaban J connectivity index is 1.98. The average Bonchev–Trinajstić information content (AvgIpc) is 2.34. The molecule has 1 spiro atoms. The lowest BCUT2D eigenvalue weighted by Crippen LogP contribution is -2.35. The standard InChI is InChI=1S/C9H16O2/c1-8-4-6-9(11-8)5-2-3-7-10-9/h8H,2-7H2,1H3/t8-,9+/m1/s1. The fourth-order valence-corrected chi connectivity index (χ4v) is 2.02. The first-order chi connectivity index (χ1) is 5.31. The summed E-state index contributed by atoms with van der Waals surface area (Å²) in [5.41, 5.74) is 0. The van der Waals surface area contributed by atoms with Crippen molar-refractivity contribution in [1.82, 2.24) is 0 Å². The van der Waals surface area contributed by atoms with Crippen LogP contribution >= 0.6 is 0 Å². The van der Waals surface area contributed by atoms with Crippen molar-refractivity contribution in [2.45, 2.75) is 50.9 Å². The largest absolute Gasteiger partial charge is 0.350 e. The number of rotatable bonds is 0. The van der Waals surface area contributed by atoms with Gasteiger partial charge in [0.25, 0.3) is 0 Å². The van der Waals surface area contributed by atoms with Crippen LogP contribution in [0.1, 0.15) is 39.0 Å². The third kappa shape index (κ3) is 1.42. The van der Waals surface area contributed by atoms with Crippen LogP contribution in [-0.4, -0.2) is 18.5 Å². The van der Waals surface area contributed by atoms with E-state index in [0.29, 0.717) is 6.10 Å². The van der Waals surface area contributed by atoms with E-state index in [2.05, 4.69) is 6.92 Å². The molecule has 0 saturated carbocycles. The maximum Gasteiger partial charge on any atom is 0.168 e. The first-order valence-electron chi connectivity index (χ1n) is 4.63. The van der Waals surface area contributed by atoms with Gasteiger partial charge in [0.1, 0.15) is 0 Å². The van der Waals surface area contributed by atoms with Crippen LogP contribution < -0.4 is 0 Å². The normalized spacial score (nSPS) is 45.0. The van der Waals surface area contributed by atoms with E-state index in [1.807, 2.05) is 0 Å². The smallest absolute Gasteiger partial charge is 0.168 e. The highest BCUT2D eigenvalue weighted by Gasteiger charge is 2.40. The first kappa shape index (κ1) is 7.56. The van der Waals surface area contributed by atoms with Crippen LogP contribution in [0.3, 0.4) is 0 Å². The molecule has 0 unspecified atom stereocenters. The predicted octanol–water partition coefficient (Wildman–Crippen LogP) is 2.08. The highest BCUT2D eigenvalue weighted by Crippen LogP contribution is 2.37. The van der Waals surface area contributed by atoms with Crippen molar-refractivity contribution in [3.05, 3.63) is 0 Å². The minimum atomic E-state index is -0.155. The highest BCUT2D eigenvalue weighted by atomic mass is 16.7. The minimum absolute atomic E-state index is 0.155. The fraction of sp³-hybridized carbons (Fsp3) is 1.00.